The molecule has 0 bridgehead atoms. The van der Waals surface area contributed by atoms with Crippen LogP contribution in [-0.2, 0) is 19.2 Å². The van der Waals surface area contributed by atoms with Crippen LogP contribution in [0.3, 0.4) is 0 Å². The lowest BCUT2D eigenvalue weighted by molar-refractivity contribution is -0.149. The second kappa shape index (κ2) is 12.7. The van der Waals surface area contributed by atoms with E-state index in [9.17, 15) is 19.2 Å². The van der Waals surface area contributed by atoms with E-state index in [2.05, 4.69) is 48.5 Å². The predicted molar refractivity (Wildman–Crippen MR) is 91.7 cm³/mol. The van der Waals surface area contributed by atoms with E-state index in [0.717, 1.165) is 0 Å². The van der Waals surface area contributed by atoms with E-state index < -0.39 is 36.7 Å². The third-order valence-corrected chi connectivity index (χ3v) is 2.49. The van der Waals surface area contributed by atoms with Gasteiger partial charge in [-0.05, 0) is 11.1 Å². The molecule has 26 heavy (non-hydrogen) atoms. The Labute approximate surface area is 149 Å². The highest BCUT2D eigenvalue weighted by atomic mass is 16.4. The Morgan fingerprint density at radius 1 is 0.500 bits per heavy atom. The number of carboxylic acids is 4. The van der Waals surface area contributed by atoms with E-state index in [1.165, 1.54) is 11.1 Å². The standard InChI is InChI=1S/C12H10.2C3H4O4/c1-3-7-11(8-4-1)12-9-5-2-6-10-12;2*4-2(5)1-3(6)7/h1-10H;2*1H2,(H,4,5)(H,6,7). The van der Waals surface area contributed by atoms with Gasteiger partial charge >= 0.3 is 23.9 Å². The number of benzene rings is 2. The van der Waals surface area contributed by atoms with Crippen molar-refractivity contribution in [3.8, 4) is 11.1 Å². The highest BCUT2D eigenvalue weighted by Crippen LogP contribution is 2.17. The molecule has 8 nitrogen and oxygen atoms in total. The summed E-state index contributed by atoms with van der Waals surface area (Å²) < 4.78 is 0. The predicted octanol–water partition coefficient (Wildman–Crippen LogP) is 2.45. The molecular weight excluding hydrogens is 344 g/mol. The molecule has 0 fully saturated rings. The van der Waals surface area contributed by atoms with Gasteiger partial charge in [0.25, 0.3) is 0 Å². The van der Waals surface area contributed by atoms with Crippen molar-refractivity contribution < 1.29 is 39.6 Å². The van der Waals surface area contributed by atoms with Crippen molar-refractivity contribution >= 4 is 23.9 Å². The molecule has 0 aromatic heterocycles. The molecular formula is C18H18O8. The van der Waals surface area contributed by atoms with Crippen LogP contribution in [-0.4, -0.2) is 44.3 Å². The molecule has 8 heteroatoms. The summed E-state index contributed by atoms with van der Waals surface area (Å²) >= 11 is 0. The number of carboxylic acid groups (broad SMARTS) is 4. The summed E-state index contributed by atoms with van der Waals surface area (Å²) in [4.78, 5) is 37.7. The van der Waals surface area contributed by atoms with Gasteiger partial charge in [0.2, 0.25) is 0 Å². The van der Waals surface area contributed by atoms with E-state index >= 15 is 0 Å². The Bertz CT molecular complexity index is 623. The molecule has 0 aliphatic carbocycles. The van der Waals surface area contributed by atoms with E-state index in [-0.39, 0.29) is 0 Å². The minimum absolute atomic E-state index is 0.806. The van der Waals surface area contributed by atoms with Crippen LogP contribution in [0.5, 0.6) is 0 Å². The zero-order valence-corrected chi connectivity index (χ0v) is 13.6. The number of carbonyl (C=O) groups is 4. The summed E-state index contributed by atoms with van der Waals surface area (Å²) in [7, 11) is 0. The molecule has 138 valence electrons. The molecule has 0 saturated heterocycles. The summed E-state index contributed by atoms with van der Waals surface area (Å²) in [5.41, 5.74) is 2.55. The zero-order valence-electron chi connectivity index (χ0n) is 13.6. The molecule has 0 aliphatic rings. The molecule has 0 saturated carbocycles. The molecule has 0 unspecified atom stereocenters. The number of rotatable bonds is 5. The van der Waals surface area contributed by atoms with Gasteiger partial charge in [0, 0.05) is 0 Å². The quantitative estimate of drug-likeness (QED) is 0.592. The minimum atomic E-state index is -1.31. The highest BCUT2D eigenvalue weighted by Gasteiger charge is 2.02. The van der Waals surface area contributed by atoms with Crippen LogP contribution < -0.4 is 0 Å². The second-order valence-electron chi connectivity index (χ2n) is 4.66. The van der Waals surface area contributed by atoms with Crippen LogP contribution in [0.25, 0.3) is 11.1 Å². The lowest BCUT2D eigenvalue weighted by Crippen LogP contribution is -2.03. The van der Waals surface area contributed by atoms with Crippen molar-refractivity contribution in [2.45, 2.75) is 12.8 Å². The fraction of sp³-hybridized carbons (Fsp3) is 0.111. The van der Waals surface area contributed by atoms with Crippen molar-refractivity contribution in [1.82, 2.24) is 0 Å². The normalized spacial score (nSPS) is 8.77. The molecule has 2 aromatic rings. The van der Waals surface area contributed by atoms with Crippen molar-refractivity contribution in [2.75, 3.05) is 0 Å². The lowest BCUT2D eigenvalue weighted by atomic mass is 10.1. The summed E-state index contributed by atoms with van der Waals surface area (Å²) in [6.07, 6.45) is -1.61. The van der Waals surface area contributed by atoms with E-state index in [1.807, 2.05) is 12.1 Å². The fourth-order valence-electron chi connectivity index (χ4n) is 1.52. The Kier molecular flexibility index (Phi) is 10.9. The monoisotopic (exact) mass is 362 g/mol. The molecule has 0 heterocycles. The Hall–Kier alpha value is -3.68. The minimum Gasteiger partial charge on any atom is -0.481 e. The van der Waals surface area contributed by atoms with Crippen LogP contribution in [0.1, 0.15) is 12.8 Å². The van der Waals surface area contributed by atoms with Gasteiger partial charge in [-0.15, -0.1) is 0 Å². The van der Waals surface area contributed by atoms with Crippen LogP contribution in [0.2, 0.25) is 0 Å². The van der Waals surface area contributed by atoms with Gasteiger partial charge < -0.3 is 20.4 Å². The number of hydrogen-bond acceptors (Lipinski definition) is 4. The Morgan fingerprint density at radius 2 is 0.731 bits per heavy atom. The van der Waals surface area contributed by atoms with Crippen molar-refractivity contribution in [2.24, 2.45) is 0 Å². The van der Waals surface area contributed by atoms with Gasteiger partial charge in [-0.25, -0.2) is 0 Å². The summed E-state index contributed by atoms with van der Waals surface area (Å²) in [6.45, 7) is 0. The first-order valence-corrected chi connectivity index (χ1v) is 7.20. The van der Waals surface area contributed by atoms with Crippen LogP contribution >= 0.6 is 0 Å². The topological polar surface area (TPSA) is 149 Å². The Morgan fingerprint density at radius 3 is 0.885 bits per heavy atom. The smallest absolute Gasteiger partial charge is 0.314 e. The molecule has 4 N–H and O–H groups in total. The SMILES string of the molecule is O=C(O)CC(=O)O.O=C(O)CC(=O)O.c1ccc(-c2ccccc2)cc1. The van der Waals surface area contributed by atoms with E-state index in [4.69, 9.17) is 20.4 Å². The van der Waals surface area contributed by atoms with Gasteiger partial charge in [0.05, 0.1) is 0 Å². The summed E-state index contributed by atoms with van der Waals surface area (Å²) in [6, 6.07) is 20.8. The van der Waals surface area contributed by atoms with Gasteiger partial charge in [-0.2, -0.15) is 0 Å². The second-order valence-corrected chi connectivity index (χ2v) is 4.66. The molecule has 2 rings (SSSR count). The first-order valence-electron chi connectivity index (χ1n) is 7.20. The molecule has 0 amide bonds. The number of hydrogen-bond donors (Lipinski definition) is 4. The molecule has 0 atom stereocenters. The van der Waals surface area contributed by atoms with Gasteiger partial charge in [-0.3, -0.25) is 19.2 Å². The molecule has 0 spiro atoms. The van der Waals surface area contributed by atoms with Gasteiger partial charge in [0.15, 0.2) is 0 Å². The molecule has 0 radical (unpaired) electrons. The average molecular weight is 362 g/mol. The maximum absolute atomic E-state index is 9.43. The fourth-order valence-corrected chi connectivity index (χ4v) is 1.52. The summed E-state index contributed by atoms with van der Waals surface area (Å²) in [5, 5.41) is 30.8. The maximum Gasteiger partial charge on any atom is 0.314 e. The van der Waals surface area contributed by atoms with Gasteiger partial charge in [-0.1, -0.05) is 60.7 Å². The Balaban J connectivity index is 0.000000390. The highest BCUT2D eigenvalue weighted by molar-refractivity contribution is 5.89. The average Bonchev–Trinajstić information content (AvgIpc) is 2.55. The van der Waals surface area contributed by atoms with Crippen LogP contribution in [0, 0.1) is 0 Å². The summed E-state index contributed by atoms with van der Waals surface area (Å²) in [5.74, 6) is -5.25. The van der Waals surface area contributed by atoms with Crippen molar-refractivity contribution in [3.05, 3.63) is 60.7 Å². The molecule has 0 aliphatic heterocycles. The lowest BCUT2D eigenvalue weighted by Gasteiger charge is -1.98. The molecule has 2 aromatic carbocycles. The van der Waals surface area contributed by atoms with Crippen molar-refractivity contribution in [1.29, 1.82) is 0 Å². The van der Waals surface area contributed by atoms with Crippen LogP contribution in [0.4, 0.5) is 0 Å². The first-order chi connectivity index (χ1) is 12.2. The van der Waals surface area contributed by atoms with Crippen LogP contribution in [0.15, 0.2) is 60.7 Å². The zero-order chi connectivity index (χ0) is 19.9. The maximum atomic E-state index is 9.43. The third kappa shape index (κ3) is 12.8. The first kappa shape index (κ1) is 22.3. The van der Waals surface area contributed by atoms with E-state index in [1.54, 1.807) is 0 Å². The van der Waals surface area contributed by atoms with Gasteiger partial charge in [0.1, 0.15) is 12.8 Å². The third-order valence-electron chi connectivity index (χ3n) is 2.49. The number of aliphatic carboxylic acids is 4. The largest absolute Gasteiger partial charge is 0.481 e. The van der Waals surface area contributed by atoms with Crippen molar-refractivity contribution in [3.63, 3.8) is 0 Å². The van der Waals surface area contributed by atoms with E-state index in [0.29, 0.717) is 0 Å².